The molecule has 0 unspecified atom stereocenters. The van der Waals surface area contributed by atoms with Crippen molar-refractivity contribution in [1.29, 1.82) is 0 Å². The summed E-state index contributed by atoms with van der Waals surface area (Å²) in [5, 5.41) is 2.56. The summed E-state index contributed by atoms with van der Waals surface area (Å²) in [5.74, 6) is 0. The van der Waals surface area contributed by atoms with E-state index in [1.165, 1.54) is 58.6 Å². The Bertz CT molecular complexity index is 1280. The molecular formula is C31H32N2. The summed E-state index contributed by atoms with van der Waals surface area (Å²) in [6, 6.07) is 32.7. The molecule has 0 atom stereocenters. The Morgan fingerprint density at radius 2 is 1.24 bits per heavy atom. The van der Waals surface area contributed by atoms with Gasteiger partial charge in [-0.1, -0.05) is 99.0 Å². The zero-order valence-corrected chi connectivity index (χ0v) is 19.4. The Morgan fingerprint density at radius 1 is 0.667 bits per heavy atom. The zero-order valence-electron chi connectivity index (χ0n) is 19.4. The van der Waals surface area contributed by atoms with E-state index in [4.69, 9.17) is 0 Å². The van der Waals surface area contributed by atoms with Crippen LogP contribution in [0.15, 0.2) is 109 Å². The molecule has 0 fully saturated rings. The highest BCUT2D eigenvalue weighted by Crippen LogP contribution is 2.34. The smallest absolute Gasteiger partial charge is 0.132 e. The first-order valence-corrected chi connectivity index (χ1v) is 12.2. The van der Waals surface area contributed by atoms with Gasteiger partial charge in [-0.2, -0.15) is 0 Å². The molecule has 2 nitrogen and oxygen atoms in total. The number of fused-ring (bicyclic) bond motifs is 2. The van der Waals surface area contributed by atoms with Gasteiger partial charge in [-0.3, -0.25) is 0 Å². The van der Waals surface area contributed by atoms with E-state index in [0.717, 1.165) is 6.42 Å². The van der Waals surface area contributed by atoms with Crippen molar-refractivity contribution in [3.63, 3.8) is 0 Å². The first-order chi connectivity index (χ1) is 16.3. The lowest BCUT2D eigenvalue weighted by atomic mass is 10.0. The van der Waals surface area contributed by atoms with Crippen LogP contribution in [-0.2, 0) is 0 Å². The third kappa shape index (κ3) is 4.52. The topological polar surface area (TPSA) is 9.86 Å². The Morgan fingerprint density at radius 3 is 1.85 bits per heavy atom. The fourth-order valence-electron chi connectivity index (χ4n) is 4.92. The van der Waals surface area contributed by atoms with Crippen molar-refractivity contribution >= 4 is 27.9 Å². The van der Waals surface area contributed by atoms with E-state index in [2.05, 4.69) is 126 Å². The Hall–Kier alpha value is -3.52. The molecule has 5 aromatic rings. The Balaban J connectivity index is 1.69. The van der Waals surface area contributed by atoms with Crippen molar-refractivity contribution in [2.45, 2.75) is 45.2 Å². The molecule has 0 saturated heterocycles. The van der Waals surface area contributed by atoms with Crippen LogP contribution in [0.4, 0.5) is 0 Å². The molecule has 0 N–H and O–H groups in total. The summed E-state index contributed by atoms with van der Waals surface area (Å²) in [4.78, 5) is 0. The second-order valence-electron chi connectivity index (χ2n) is 8.88. The summed E-state index contributed by atoms with van der Waals surface area (Å²) in [6.07, 6.45) is 13.1. The molecule has 0 radical (unpaired) electrons. The summed E-state index contributed by atoms with van der Waals surface area (Å²) in [7, 11) is 0. The van der Waals surface area contributed by atoms with Crippen LogP contribution in [0.2, 0.25) is 0 Å². The summed E-state index contributed by atoms with van der Waals surface area (Å²) < 4.78 is 4.91. The lowest BCUT2D eigenvalue weighted by Gasteiger charge is -2.27. The van der Waals surface area contributed by atoms with Crippen molar-refractivity contribution in [3.05, 3.63) is 115 Å². The molecule has 0 aliphatic carbocycles. The van der Waals surface area contributed by atoms with Gasteiger partial charge >= 0.3 is 0 Å². The molecule has 2 heterocycles. The molecule has 0 saturated carbocycles. The number of unbranched alkanes of at least 4 members (excludes halogenated alkanes) is 3. The van der Waals surface area contributed by atoms with Gasteiger partial charge in [0.1, 0.15) is 6.17 Å². The molecule has 2 aromatic heterocycles. The van der Waals surface area contributed by atoms with Gasteiger partial charge in [0.05, 0.1) is 11.0 Å². The van der Waals surface area contributed by atoms with E-state index in [0.29, 0.717) is 0 Å². The van der Waals surface area contributed by atoms with Crippen molar-refractivity contribution in [1.82, 2.24) is 9.13 Å². The average Bonchev–Trinajstić information content (AvgIpc) is 3.48. The van der Waals surface area contributed by atoms with Crippen LogP contribution in [0.25, 0.3) is 27.9 Å². The van der Waals surface area contributed by atoms with Crippen molar-refractivity contribution in [2.24, 2.45) is 0 Å². The maximum absolute atomic E-state index is 2.45. The number of benzene rings is 3. The molecule has 0 aliphatic heterocycles. The van der Waals surface area contributed by atoms with Crippen molar-refractivity contribution in [2.75, 3.05) is 0 Å². The predicted molar refractivity (Wildman–Crippen MR) is 141 cm³/mol. The van der Waals surface area contributed by atoms with E-state index in [1.807, 2.05) is 0 Å². The van der Waals surface area contributed by atoms with Gasteiger partial charge in [-0.15, -0.1) is 0 Å². The molecule has 0 amide bonds. The number of rotatable bonds is 9. The van der Waals surface area contributed by atoms with Crippen LogP contribution in [0.3, 0.4) is 0 Å². The van der Waals surface area contributed by atoms with E-state index in [-0.39, 0.29) is 6.17 Å². The third-order valence-corrected chi connectivity index (χ3v) is 6.59. The van der Waals surface area contributed by atoms with Gasteiger partial charge in [0.25, 0.3) is 0 Å². The van der Waals surface area contributed by atoms with Gasteiger partial charge in [0, 0.05) is 12.4 Å². The number of para-hydroxylation sites is 2. The first-order valence-electron chi connectivity index (χ1n) is 12.2. The highest BCUT2D eigenvalue weighted by molar-refractivity contribution is 5.82. The van der Waals surface area contributed by atoms with Crippen molar-refractivity contribution < 1.29 is 0 Å². The Labute approximate surface area is 196 Å². The fourth-order valence-corrected chi connectivity index (χ4v) is 4.92. The number of allylic oxidation sites excluding steroid dienone is 1. The minimum atomic E-state index is 0.0895. The van der Waals surface area contributed by atoms with Crippen LogP contribution >= 0.6 is 0 Å². The first kappa shape index (κ1) is 21.3. The highest BCUT2D eigenvalue weighted by Gasteiger charge is 2.21. The van der Waals surface area contributed by atoms with Crippen LogP contribution in [0.5, 0.6) is 0 Å². The van der Waals surface area contributed by atoms with Gasteiger partial charge in [0.2, 0.25) is 0 Å². The molecule has 0 spiro atoms. The van der Waals surface area contributed by atoms with Crippen LogP contribution in [-0.4, -0.2) is 9.13 Å². The maximum atomic E-state index is 2.45. The lowest BCUT2D eigenvalue weighted by Crippen LogP contribution is -2.19. The van der Waals surface area contributed by atoms with E-state index in [9.17, 15) is 0 Å². The van der Waals surface area contributed by atoms with Crippen molar-refractivity contribution in [3.8, 4) is 0 Å². The summed E-state index contributed by atoms with van der Waals surface area (Å²) in [6.45, 7) is 2.28. The lowest BCUT2D eigenvalue weighted by molar-refractivity contribution is 0.500. The largest absolute Gasteiger partial charge is 0.322 e. The minimum Gasteiger partial charge on any atom is -0.322 e. The van der Waals surface area contributed by atoms with E-state index >= 15 is 0 Å². The molecule has 166 valence electrons. The predicted octanol–water partition coefficient (Wildman–Crippen LogP) is 8.70. The SMILES string of the molecule is CCCCCC/C(=C/c1ccccc1)C(n1ccc2ccccc21)n1ccc2ccccc21. The Kier molecular flexibility index (Phi) is 6.44. The minimum absolute atomic E-state index is 0.0895. The highest BCUT2D eigenvalue weighted by atomic mass is 15.2. The molecule has 0 aliphatic rings. The van der Waals surface area contributed by atoms with Gasteiger partial charge in [-0.25, -0.2) is 0 Å². The van der Waals surface area contributed by atoms with E-state index < -0.39 is 0 Å². The fraction of sp³-hybridized carbons (Fsp3) is 0.226. The second-order valence-corrected chi connectivity index (χ2v) is 8.88. The van der Waals surface area contributed by atoms with E-state index in [1.54, 1.807) is 0 Å². The van der Waals surface area contributed by atoms with Crippen LogP contribution in [0.1, 0.15) is 50.8 Å². The molecule has 2 heteroatoms. The molecule has 33 heavy (non-hydrogen) atoms. The average molecular weight is 433 g/mol. The van der Waals surface area contributed by atoms with Gasteiger partial charge < -0.3 is 9.13 Å². The summed E-state index contributed by atoms with van der Waals surface area (Å²) in [5.41, 5.74) is 5.25. The number of aromatic nitrogens is 2. The maximum Gasteiger partial charge on any atom is 0.132 e. The zero-order chi connectivity index (χ0) is 22.5. The molecular weight excluding hydrogens is 400 g/mol. The van der Waals surface area contributed by atoms with Crippen LogP contribution < -0.4 is 0 Å². The molecule has 0 bridgehead atoms. The standard InChI is InChI=1S/C31H32N2/c1-2-3-4-8-17-28(24-25-13-6-5-7-14-25)31(32-22-20-26-15-9-11-18-29(26)32)33-23-21-27-16-10-12-19-30(27)33/h5-7,9-16,18-24,31H,2-4,8,17H2,1H3/b28-24-. The number of nitrogens with zero attached hydrogens (tertiary/aromatic N) is 2. The summed E-state index contributed by atoms with van der Waals surface area (Å²) >= 11 is 0. The van der Waals surface area contributed by atoms with Crippen LogP contribution in [0, 0.1) is 0 Å². The second kappa shape index (κ2) is 9.95. The monoisotopic (exact) mass is 432 g/mol. The number of hydrogen-bond donors (Lipinski definition) is 0. The van der Waals surface area contributed by atoms with Gasteiger partial charge in [-0.05, 0) is 59.0 Å². The molecule has 5 rings (SSSR count). The normalized spacial score (nSPS) is 12.2. The number of hydrogen-bond acceptors (Lipinski definition) is 0. The quantitative estimate of drug-likeness (QED) is 0.206. The molecule has 3 aromatic carbocycles. The van der Waals surface area contributed by atoms with Gasteiger partial charge in [0.15, 0.2) is 0 Å². The third-order valence-electron chi connectivity index (χ3n) is 6.59.